The van der Waals surface area contributed by atoms with E-state index in [9.17, 15) is 4.79 Å². The van der Waals surface area contributed by atoms with Gasteiger partial charge in [0.2, 0.25) is 0 Å². The number of carbonyl (C=O) groups excluding carboxylic acids is 1. The van der Waals surface area contributed by atoms with Crippen molar-refractivity contribution in [3.8, 4) is 0 Å². The fourth-order valence-corrected chi connectivity index (χ4v) is 2.57. The van der Waals surface area contributed by atoms with Crippen molar-refractivity contribution in [3.63, 3.8) is 0 Å². The molecule has 0 radical (unpaired) electrons. The highest BCUT2D eigenvalue weighted by Gasteiger charge is 2.31. The summed E-state index contributed by atoms with van der Waals surface area (Å²) in [5, 5.41) is 7.71. The van der Waals surface area contributed by atoms with Gasteiger partial charge in [0, 0.05) is 37.9 Å². The fourth-order valence-electron chi connectivity index (χ4n) is 2.57. The molecular weight excluding hydrogens is 228 g/mol. The number of aromatic nitrogens is 2. The molecule has 5 nitrogen and oxygen atoms in total. The van der Waals surface area contributed by atoms with Crippen molar-refractivity contribution < 1.29 is 4.79 Å². The topological polar surface area (TPSA) is 50.2 Å². The second-order valence-corrected chi connectivity index (χ2v) is 5.15. The summed E-state index contributed by atoms with van der Waals surface area (Å²) >= 11 is 0. The second kappa shape index (κ2) is 4.72. The monoisotopic (exact) mass is 250 g/mol. The van der Waals surface area contributed by atoms with Crippen molar-refractivity contribution in [2.75, 3.05) is 13.1 Å². The van der Waals surface area contributed by atoms with Crippen LogP contribution in [0.25, 0.3) is 0 Å². The summed E-state index contributed by atoms with van der Waals surface area (Å²) in [6, 6.07) is 0.547. The van der Waals surface area contributed by atoms with E-state index in [-0.39, 0.29) is 11.9 Å². The van der Waals surface area contributed by atoms with Gasteiger partial charge in [0.1, 0.15) is 0 Å². The lowest BCUT2D eigenvalue weighted by atomic mass is 10.0. The van der Waals surface area contributed by atoms with Crippen LogP contribution in [0.1, 0.15) is 35.6 Å². The highest BCUT2D eigenvalue weighted by Crippen LogP contribution is 2.18. The normalized spacial score (nSPS) is 24.4. The molecule has 1 aliphatic rings. The summed E-state index contributed by atoms with van der Waals surface area (Å²) in [5.74, 6) is 0.110. The summed E-state index contributed by atoms with van der Waals surface area (Å²) in [4.78, 5) is 14.6. The number of rotatable bonds is 1. The maximum Gasteiger partial charge on any atom is 0.257 e. The molecule has 100 valence electrons. The molecule has 1 amide bonds. The minimum Gasteiger partial charge on any atom is -0.333 e. The minimum absolute atomic E-state index is 0.110. The molecule has 2 rings (SSSR count). The van der Waals surface area contributed by atoms with Crippen LogP contribution in [0, 0.1) is 13.8 Å². The van der Waals surface area contributed by atoms with Crippen LogP contribution in [0.5, 0.6) is 0 Å². The zero-order chi connectivity index (χ0) is 13.4. The van der Waals surface area contributed by atoms with E-state index in [1.807, 2.05) is 25.8 Å². The summed E-state index contributed by atoms with van der Waals surface area (Å²) in [6.45, 7) is 9.68. The molecular formula is C13H22N4O. The standard InChI is InChI=1S/C13H22N4O/c1-8-10(3)17(7-6-14-8)13(18)12-9(2)15-16(5)11(12)4/h8,10,14H,6-7H2,1-5H3. The first-order chi connectivity index (χ1) is 8.43. The quantitative estimate of drug-likeness (QED) is 0.804. The average molecular weight is 250 g/mol. The number of hydrogen-bond donors (Lipinski definition) is 1. The highest BCUT2D eigenvalue weighted by molar-refractivity contribution is 5.96. The number of carbonyl (C=O) groups is 1. The van der Waals surface area contributed by atoms with Gasteiger partial charge >= 0.3 is 0 Å². The maximum absolute atomic E-state index is 12.7. The molecule has 0 spiro atoms. The van der Waals surface area contributed by atoms with Crippen molar-refractivity contribution >= 4 is 5.91 Å². The summed E-state index contributed by atoms with van der Waals surface area (Å²) in [5.41, 5.74) is 2.52. The number of nitrogens with one attached hydrogen (secondary N) is 1. The molecule has 1 fully saturated rings. The molecule has 18 heavy (non-hydrogen) atoms. The lowest BCUT2D eigenvalue weighted by Crippen LogP contribution is -2.57. The Balaban J connectivity index is 2.31. The van der Waals surface area contributed by atoms with E-state index >= 15 is 0 Å². The van der Waals surface area contributed by atoms with Gasteiger partial charge in [-0.3, -0.25) is 9.48 Å². The largest absolute Gasteiger partial charge is 0.333 e. The van der Waals surface area contributed by atoms with E-state index in [2.05, 4.69) is 24.3 Å². The average Bonchev–Trinajstić information content (AvgIpc) is 2.56. The molecule has 0 bridgehead atoms. The van der Waals surface area contributed by atoms with Crippen molar-refractivity contribution in [2.24, 2.45) is 7.05 Å². The van der Waals surface area contributed by atoms with Crippen molar-refractivity contribution in [1.29, 1.82) is 0 Å². The SMILES string of the molecule is Cc1nn(C)c(C)c1C(=O)N1CCNC(C)C1C. The Hall–Kier alpha value is -1.36. The van der Waals surface area contributed by atoms with E-state index in [1.54, 1.807) is 4.68 Å². The lowest BCUT2D eigenvalue weighted by molar-refractivity contribution is 0.0601. The zero-order valence-corrected chi connectivity index (χ0v) is 11.8. The van der Waals surface area contributed by atoms with E-state index in [4.69, 9.17) is 0 Å². The number of amides is 1. The van der Waals surface area contributed by atoms with Gasteiger partial charge in [-0.15, -0.1) is 0 Å². The van der Waals surface area contributed by atoms with Crippen LogP contribution < -0.4 is 5.32 Å². The van der Waals surface area contributed by atoms with Crippen molar-refractivity contribution in [3.05, 3.63) is 17.0 Å². The number of piperazine rings is 1. The summed E-state index contributed by atoms with van der Waals surface area (Å²) in [6.07, 6.45) is 0. The molecule has 1 aromatic heterocycles. The molecule has 1 N–H and O–H groups in total. The highest BCUT2D eigenvalue weighted by atomic mass is 16.2. The molecule has 0 aromatic carbocycles. The smallest absolute Gasteiger partial charge is 0.257 e. The van der Waals surface area contributed by atoms with Crippen LogP contribution in [0.3, 0.4) is 0 Å². The third kappa shape index (κ3) is 2.03. The molecule has 2 atom stereocenters. The molecule has 1 aliphatic heterocycles. The third-order valence-electron chi connectivity index (χ3n) is 4.02. The summed E-state index contributed by atoms with van der Waals surface area (Å²) < 4.78 is 1.78. The first-order valence-electron chi connectivity index (χ1n) is 6.48. The Morgan fingerprint density at radius 3 is 2.61 bits per heavy atom. The Labute approximate surface area is 108 Å². The Kier molecular flexibility index (Phi) is 3.43. The molecule has 1 aromatic rings. The fraction of sp³-hybridized carbons (Fsp3) is 0.692. The van der Waals surface area contributed by atoms with E-state index in [0.29, 0.717) is 6.04 Å². The Bertz CT molecular complexity index is 466. The maximum atomic E-state index is 12.7. The number of nitrogens with zero attached hydrogens (tertiary/aromatic N) is 3. The summed E-state index contributed by atoms with van der Waals surface area (Å²) in [7, 11) is 1.88. The molecule has 2 unspecified atom stereocenters. The predicted molar refractivity (Wildman–Crippen MR) is 70.6 cm³/mol. The first kappa shape index (κ1) is 13.1. The van der Waals surface area contributed by atoms with E-state index in [1.165, 1.54) is 0 Å². The predicted octanol–water partition coefficient (Wildman–Crippen LogP) is 0.859. The van der Waals surface area contributed by atoms with Crippen LogP contribution >= 0.6 is 0 Å². The van der Waals surface area contributed by atoms with Crippen LogP contribution in [0.4, 0.5) is 0 Å². The van der Waals surface area contributed by atoms with Crippen LogP contribution in [0.15, 0.2) is 0 Å². The minimum atomic E-state index is 0.110. The van der Waals surface area contributed by atoms with E-state index in [0.717, 1.165) is 30.0 Å². The second-order valence-electron chi connectivity index (χ2n) is 5.15. The molecule has 0 saturated carbocycles. The van der Waals surface area contributed by atoms with E-state index < -0.39 is 0 Å². The van der Waals surface area contributed by atoms with Gasteiger partial charge in [-0.25, -0.2) is 0 Å². The van der Waals surface area contributed by atoms with Crippen molar-refractivity contribution in [1.82, 2.24) is 20.0 Å². The van der Waals surface area contributed by atoms with Gasteiger partial charge in [0.25, 0.3) is 5.91 Å². The molecule has 2 heterocycles. The van der Waals surface area contributed by atoms with Gasteiger partial charge in [-0.1, -0.05) is 0 Å². The van der Waals surface area contributed by atoms with Gasteiger partial charge in [0.05, 0.1) is 11.3 Å². The number of aryl methyl sites for hydroxylation is 2. The first-order valence-corrected chi connectivity index (χ1v) is 6.48. The van der Waals surface area contributed by atoms with Crippen LogP contribution in [0.2, 0.25) is 0 Å². The van der Waals surface area contributed by atoms with Gasteiger partial charge < -0.3 is 10.2 Å². The molecule has 0 aliphatic carbocycles. The number of hydrogen-bond acceptors (Lipinski definition) is 3. The van der Waals surface area contributed by atoms with Crippen molar-refractivity contribution in [2.45, 2.75) is 39.8 Å². The Morgan fingerprint density at radius 1 is 1.39 bits per heavy atom. The third-order valence-corrected chi connectivity index (χ3v) is 4.02. The zero-order valence-electron chi connectivity index (χ0n) is 11.8. The van der Waals surface area contributed by atoms with Gasteiger partial charge in [-0.05, 0) is 27.7 Å². The Morgan fingerprint density at radius 2 is 2.06 bits per heavy atom. The van der Waals surface area contributed by atoms with Crippen LogP contribution in [-0.4, -0.2) is 45.8 Å². The molecule has 5 heteroatoms. The van der Waals surface area contributed by atoms with Crippen LogP contribution in [-0.2, 0) is 7.05 Å². The van der Waals surface area contributed by atoms with Gasteiger partial charge in [-0.2, -0.15) is 5.10 Å². The van der Waals surface area contributed by atoms with Gasteiger partial charge in [0.15, 0.2) is 0 Å². The lowest BCUT2D eigenvalue weighted by Gasteiger charge is -2.38. The molecule has 1 saturated heterocycles.